The molecular formula is C10H19NOS. The zero-order chi connectivity index (χ0) is 9.52. The summed E-state index contributed by atoms with van der Waals surface area (Å²) in [6.07, 6.45) is 4.40. The Morgan fingerprint density at radius 2 is 2.15 bits per heavy atom. The van der Waals surface area contributed by atoms with Crippen LogP contribution in [0, 0.1) is 5.92 Å². The van der Waals surface area contributed by atoms with Crippen LogP contribution in [-0.4, -0.2) is 24.0 Å². The Morgan fingerprint density at radius 1 is 1.46 bits per heavy atom. The van der Waals surface area contributed by atoms with Crippen LogP contribution in [-0.2, 0) is 4.79 Å². The van der Waals surface area contributed by atoms with Crippen molar-refractivity contribution < 1.29 is 4.79 Å². The fraction of sp³-hybridized carbons (Fsp3) is 0.900. The molecule has 1 amide bonds. The van der Waals surface area contributed by atoms with Gasteiger partial charge >= 0.3 is 0 Å². The maximum Gasteiger partial charge on any atom is 0.223 e. The van der Waals surface area contributed by atoms with Gasteiger partial charge in [0.25, 0.3) is 0 Å². The Balaban J connectivity index is 2.13. The van der Waals surface area contributed by atoms with Gasteiger partial charge in [-0.05, 0) is 30.8 Å². The van der Waals surface area contributed by atoms with Crippen LogP contribution in [0.15, 0.2) is 0 Å². The molecule has 0 saturated carbocycles. The van der Waals surface area contributed by atoms with E-state index >= 15 is 0 Å². The number of amides is 1. The molecule has 76 valence electrons. The van der Waals surface area contributed by atoms with Gasteiger partial charge in [-0.2, -0.15) is 11.8 Å². The zero-order valence-electron chi connectivity index (χ0n) is 8.34. The molecular weight excluding hydrogens is 182 g/mol. The summed E-state index contributed by atoms with van der Waals surface area (Å²) in [5, 5.41) is 3.01. The van der Waals surface area contributed by atoms with Crippen molar-refractivity contribution in [1.29, 1.82) is 0 Å². The molecule has 2 nitrogen and oxygen atoms in total. The molecule has 1 aliphatic heterocycles. The fourth-order valence-corrected chi connectivity index (χ4v) is 2.60. The van der Waals surface area contributed by atoms with Crippen molar-refractivity contribution in [1.82, 2.24) is 5.32 Å². The van der Waals surface area contributed by atoms with Gasteiger partial charge < -0.3 is 5.32 Å². The van der Waals surface area contributed by atoms with E-state index < -0.39 is 0 Å². The normalized spacial score (nSPS) is 18.5. The van der Waals surface area contributed by atoms with Gasteiger partial charge in [0.1, 0.15) is 0 Å². The highest BCUT2D eigenvalue weighted by atomic mass is 32.2. The first kappa shape index (κ1) is 10.9. The summed E-state index contributed by atoms with van der Waals surface area (Å²) >= 11 is 1.96. The van der Waals surface area contributed by atoms with E-state index in [1.165, 1.54) is 0 Å². The second-order valence-corrected chi connectivity index (χ2v) is 4.76. The molecule has 0 unspecified atom stereocenters. The molecule has 0 atom stereocenters. The van der Waals surface area contributed by atoms with Gasteiger partial charge in [-0.1, -0.05) is 13.3 Å². The second kappa shape index (κ2) is 6.30. The molecule has 1 rings (SSSR count). The third-order valence-corrected chi connectivity index (χ3v) is 3.47. The number of carbonyl (C=O) groups is 1. The average molecular weight is 201 g/mol. The lowest BCUT2D eigenvalue weighted by Crippen LogP contribution is -2.33. The molecule has 3 heteroatoms. The van der Waals surface area contributed by atoms with Crippen LogP contribution in [0.2, 0.25) is 0 Å². The molecule has 1 saturated heterocycles. The van der Waals surface area contributed by atoms with Crippen LogP contribution in [0.4, 0.5) is 0 Å². The number of nitrogens with one attached hydrogen (secondary N) is 1. The van der Waals surface area contributed by atoms with Gasteiger partial charge in [0.2, 0.25) is 5.91 Å². The minimum absolute atomic E-state index is 0.286. The summed E-state index contributed by atoms with van der Waals surface area (Å²) in [7, 11) is 0. The molecule has 0 aromatic carbocycles. The molecule has 0 aliphatic carbocycles. The van der Waals surface area contributed by atoms with E-state index in [2.05, 4.69) is 12.2 Å². The minimum Gasteiger partial charge on any atom is -0.356 e. The highest BCUT2D eigenvalue weighted by Crippen LogP contribution is 2.22. The van der Waals surface area contributed by atoms with Crippen molar-refractivity contribution in [2.75, 3.05) is 18.1 Å². The Hall–Kier alpha value is -0.180. The average Bonchev–Trinajstić information content (AvgIpc) is 2.19. The summed E-state index contributed by atoms with van der Waals surface area (Å²) in [4.78, 5) is 11.6. The van der Waals surface area contributed by atoms with E-state index in [9.17, 15) is 4.79 Å². The Morgan fingerprint density at radius 3 is 2.77 bits per heavy atom. The smallest absolute Gasteiger partial charge is 0.223 e. The van der Waals surface area contributed by atoms with Crippen LogP contribution >= 0.6 is 11.8 Å². The highest BCUT2D eigenvalue weighted by Gasteiger charge is 2.20. The molecule has 0 bridgehead atoms. The Kier molecular flexibility index (Phi) is 5.28. The summed E-state index contributed by atoms with van der Waals surface area (Å²) in [5.41, 5.74) is 0. The molecule has 1 heterocycles. The Labute approximate surface area is 84.9 Å². The maximum atomic E-state index is 11.6. The number of thioether (sulfide) groups is 1. The van der Waals surface area contributed by atoms with Crippen molar-refractivity contribution in [2.45, 2.75) is 32.6 Å². The van der Waals surface area contributed by atoms with Crippen molar-refractivity contribution in [2.24, 2.45) is 5.92 Å². The summed E-state index contributed by atoms with van der Waals surface area (Å²) in [5.74, 6) is 2.91. The first-order valence-corrected chi connectivity index (χ1v) is 6.35. The fourth-order valence-electron chi connectivity index (χ4n) is 1.49. The van der Waals surface area contributed by atoms with Gasteiger partial charge in [-0.3, -0.25) is 4.79 Å². The van der Waals surface area contributed by atoms with Crippen molar-refractivity contribution in [3.63, 3.8) is 0 Å². The summed E-state index contributed by atoms with van der Waals surface area (Å²) < 4.78 is 0. The third kappa shape index (κ3) is 4.03. The van der Waals surface area contributed by atoms with Gasteiger partial charge in [0.15, 0.2) is 0 Å². The maximum absolute atomic E-state index is 11.6. The first-order valence-electron chi connectivity index (χ1n) is 5.20. The van der Waals surface area contributed by atoms with E-state index in [0.717, 1.165) is 43.7 Å². The summed E-state index contributed by atoms with van der Waals surface area (Å²) in [6, 6.07) is 0. The van der Waals surface area contributed by atoms with E-state index in [1.54, 1.807) is 0 Å². The molecule has 0 aromatic heterocycles. The number of unbranched alkanes of at least 4 members (excludes halogenated alkanes) is 1. The number of hydrogen-bond acceptors (Lipinski definition) is 2. The van der Waals surface area contributed by atoms with Crippen LogP contribution in [0.5, 0.6) is 0 Å². The number of carbonyl (C=O) groups excluding carboxylic acids is 1. The highest BCUT2D eigenvalue weighted by molar-refractivity contribution is 7.99. The standard InChI is InChI=1S/C10H19NOS/c1-2-3-6-11-10(12)9-4-7-13-8-5-9/h9H,2-8H2,1H3,(H,11,12). The van der Waals surface area contributed by atoms with Crippen molar-refractivity contribution >= 4 is 17.7 Å². The van der Waals surface area contributed by atoms with Gasteiger partial charge in [0, 0.05) is 12.5 Å². The topological polar surface area (TPSA) is 29.1 Å². The van der Waals surface area contributed by atoms with Gasteiger partial charge in [-0.25, -0.2) is 0 Å². The number of hydrogen-bond donors (Lipinski definition) is 1. The molecule has 0 aromatic rings. The molecule has 0 radical (unpaired) electrons. The lowest BCUT2D eigenvalue weighted by atomic mass is 10.0. The van der Waals surface area contributed by atoms with Gasteiger partial charge in [-0.15, -0.1) is 0 Å². The van der Waals surface area contributed by atoms with Crippen molar-refractivity contribution in [3.8, 4) is 0 Å². The third-order valence-electron chi connectivity index (χ3n) is 2.42. The monoisotopic (exact) mass is 201 g/mol. The predicted octanol–water partition coefficient (Wildman–Crippen LogP) is 2.05. The van der Waals surface area contributed by atoms with Crippen LogP contribution < -0.4 is 5.32 Å². The second-order valence-electron chi connectivity index (χ2n) is 3.53. The van der Waals surface area contributed by atoms with Crippen LogP contribution in [0.3, 0.4) is 0 Å². The van der Waals surface area contributed by atoms with E-state index in [1.807, 2.05) is 11.8 Å². The Bertz CT molecular complexity index is 155. The molecule has 13 heavy (non-hydrogen) atoms. The first-order chi connectivity index (χ1) is 6.34. The van der Waals surface area contributed by atoms with E-state index in [4.69, 9.17) is 0 Å². The van der Waals surface area contributed by atoms with Crippen LogP contribution in [0.1, 0.15) is 32.6 Å². The SMILES string of the molecule is CCCCNC(=O)C1CCSCC1. The molecule has 1 aliphatic rings. The minimum atomic E-state index is 0.286. The van der Waals surface area contributed by atoms with Gasteiger partial charge in [0.05, 0.1) is 0 Å². The van der Waals surface area contributed by atoms with Crippen molar-refractivity contribution in [3.05, 3.63) is 0 Å². The lowest BCUT2D eigenvalue weighted by molar-refractivity contribution is -0.125. The summed E-state index contributed by atoms with van der Waals surface area (Å²) in [6.45, 7) is 3.00. The quantitative estimate of drug-likeness (QED) is 0.705. The molecule has 1 fully saturated rings. The zero-order valence-corrected chi connectivity index (χ0v) is 9.16. The van der Waals surface area contributed by atoms with Crippen LogP contribution in [0.25, 0.3) is 0 Å². The van der Waals surface area contributed by atoms with E-state index in [0.29, 0.717) is 5.92 Å². The molecule has 1 N–H and O–H groups in total. The number of rotatable bonds is 4. The predicted molar refractivity (Wildman–Crippen MR) is 58.0 cm³/mol. The largest absolute Gasteiger partial charge is 0.356 e. The lowest BCUT2D eigenvalue weighted by Gasteiger charge is -2.20. The van der Waals surface area contributed by atoms with E-state index in [-0.39, 0.29) is 5.91 Å². The molecule has 0 spiro atoms.